The molecule has 1 amide bonds. The van der Waals surface area contributed by atoms with E-state index >= 15 is 0 Å². The molecule has 0 unspecified atom stereocenters. The Balaban J connectivity index is 1.94. The lowest BCUT2D eigenvalue weighted by molar-refractivity contribution is -0.126. The first-order valence-corrected chi connectivity index (χ1v) is 8.78. The Kier molecular flexibility index (Phi) is 4.67. The summed E-state index contributed by atoms with van der Waals surface area (Å²) in [6.45, 7) is 4.73. The summed E-state index contributed by atoms with van der Waals surface area (Å²) in [5.41, 5.74) is 1.63. The number of rotatable bonds is 4. The van der Waals surface area contributed by atoms with Crippen LogP contribution in [0.5, 0.6) is 0 Å². The van der Waals surface area contributed by atoms with Crippen molar-refractivity contribution in [1.29, 1.82) is 0 Å². The molecule has 118 valence electrons. The summed E-state index contributed by atoms with van der Waals surface area (Å²) in [7, 11) is -3.24. The van der Waals surface area contributed by atoms with Gasteiger partial charge < -0.3 is 9.84 Å². The number of nitrogens with one attached hydrogen (secondary N) is 1. The van der Waals surface area contributed by atoms with Crippen molar-refractivity contribution in [3.63, 3.8) is 0 Å². The summed E-state index contributed by atoms with van der Waals surface area (Å²) in [6.07, 6.45) is 2.59. The molecule has 0 spiro atoms. The monoisotopic (exact) mass is 315 g/mol. The summed E-state index contributed by atoms with van der Waals surface area (Å²) in [4.78, 5) is 12.2. The molecule has 1 N–H and O–H groups in total. The number of aryl methyl sites for hydroxylation is 2. The molecule has 1 aromatic rings. The van der Waals surface area contributed by atoms with E-state index in [1.54, 1.807) is 6.92 Å². The lowest BCUT2D eigenvalue weighted by Crippen LogP contribution is -2.44. The van der Waals surface area contributed by atoms with Gasteiger partial charge in [-0.3, -0.25) is 4.79 Å². The maximum Gasteiger partial charge on any atom is 0.224 e. The fourth-order valence-corrected chi connectivity index (χ4v) is 3.44. The Hall–Kier alpha value is -1.41. The first kappa shape index (κ1) is 16.0. The maximum atomic E-state index is 12.2. The number of aromatic nitrogens is 1. The number of sulfonamides is 1. The van der Waals surface area contributed by atoms with E-state index in [-0.39, 0.29) is 18.4 Å². The van der Waals surface area contributed by atoms with Crippen LogP contribution >= 0.6 is 0 Å². The first-order chi connectivity index (χ1) is 9.79. The van der Waals surface area contributed by atoms with Crippen LogP contribution in [0.15, 0.2) is 4.52 Å². The fourth-order valence-electron chi connectivity index (χ4n) is 2.53. The van der Waals surface area contributed by atoms with Crippen molar-refractivity contribution in [3.8, 4) is 0 Å². The summed E-state index contributed by atoms with van der Waals surface area (Å²) < 4.78 is 29.5. The van der Waals surface area contributed by atoms with Crippen molar-refractivity contribution in [1.82, 2.24) is 14.8 Å². The maximum absolute atomic E-state index is 12.2. The van der Waals surface area contributed by atoms with Gasteiger partial charge in [0, 0.05) is 25.2 Å². The Labute approximate surface area is 124 Å². The van der Waals surface area contributed by atoms with Gasteiger partial charge in [-0.2, -0.15) is 0 Å². The van der Waals surface area contributed by atoms with E-state index in [9.17, 15) is 13.2 Å². The zero-order valence-corrected chi connectivity index (χ0v) is 13.4. The number of amides is 1. The van der Waals surface area contributed by atoms with Crippen molar-refractivity contribution in [2.75, 3.05) is 19.3 Å². The third kappa shape index (κ3) is 3.82. The average molecular weight is 315 g/mol. The Bertz CT molecular complexity index is 604. The molecule has 1 aliphatic rings. The SMILES string of the molecule is Cc1noc(C)c1CNC(=O)[C@H]1CCCN(S(C)(=O)=O)C1. The second kappa shape index (κ2) is 6.15. The molecular formula is C13H21N3O4S. The summed E-state index contributed by atoms with van der Waals surface area (Å²) >= 11 is 0. The van der Waals surface area contributed by atoms with Crippen LogP contribution in [0.25, 0.3) is 0 Å². The topological polar surface area (TPSA) is 92.5 Å². The molecule has 0 saturated carbocycles. The minimum Gasteiger partial charge on any atom is -0.361 e. The zero-order valence-electron chi connectivity index (χ0n) is 12.5. The highest BCUT2D eigenvalue weighted by atomic mass is 32.2. The number of hydrogen-bond acceptors (Lipinski definition) is 5. The summed E-state index contributed by atoms with van der Waals surface area (Å²) in [5, 5.41) is 6.69. The normalized spacial score (nSPS) is 20.4. The summed E-state index contributed by atoms with van der Waals surface area (Å²) in [6, 6.07) is 0. The third-order valence-corrected chi connectivity index (χ3v) is 5.11. The predicted octanol–water partition coefficient (Wildman–Crippen LogP) is 0.579. The summed E-state index contributed by atoms with van der Waals surface area (Å²) in [5.74, 6) is 0.270. The molecule has 21 heavy (non-hydrogen) atoms. The van der Waals surface area contributed by atoms with E-state index in [4.69, 9.17) is 4.52 Å². The van der Waals surface area contributed by atoms with Crippen molar-refractivity contribution in [2.24, 2.45) is 5.92 Å². The van der Waals surface area contributed by atoms with E-state index in [1.807, 2.05) is 6.92 Å². The molecule has 8 heteroatoms. The van der Waals surface area contributed by atoms with Crippen LogP contribution in [-0.2, 0) is 21.4 Å². The van der Waals surface area contributed by atoms with Gasteiger partial charge in [0.2, 0.25) is 15.9 Å². The highest BCUT2D eigenvalue weighted by molar-refractivity contribution is 7.88. The lowest BCUT2D eigenvalue weighted by Gasteiger charge is -2.30. The smallest absolute Gasteiger partial charge is 0.224 e. The molecule has 2 rings (SSSR count). The molecule has 7 nitrogen and oxygen atoms in total. The van der Waals surface area contributed by atoms with E-state index < -0.39 is 10.0 Å². The minimum atomic E-state index is -3.24. The van der Waals surface area contributed by atoms with Gasteiger partial charge in [-0.05, 0) is 26.7 Å². The predicted molar refractivity (Wildman–Crippen MR) is 77.0 cm³/mol. The standard InChI is InChI=1S/C13H21N3O4S/c1-9-12(10(2)20-15-9)7-14-13(17)11-5-4-6-16(8-11)21(3,18)19/h11H,4-8H2,1-3H3,(H,14,17)/t11-/m0/s1. The van der Waals surface area contributed by atoms with Gasteiger partial charge in [0.15, 0.2) is 0 Å². The fraction of sp³-hybridized carbons (Fsp3) is 0.692. The molecule has 1 saturated heterocycles. The van der Waals surface area contributed by atoms with E-state index in [1.165, 1.54) is 10.6 Å². The molecule has 1 fully saturated rings. The first-order valence-electron chi connectivity index (χ1n) is 6.93. The largest absolute Gasteiger partial charge is 0.361 e. The Morgan fingerprint density at radius 2 is 2.19 bits per heavy atom. The van der Waals surface area contributed by atoms with Crippen LogP contribution in [0.3, 0.4) is 0 Å². The molecule has 1 aliphatic heterocycles. The molecule has 1 aromatic heterocycles. The van der Waals surface area contributed by atoms with E-state index in [2.05, 4.69) is 10.5 Å². The van der Waals surface area contributed by atoms with Gasteiger partial charge in [-0.25, -0.2) is 12.7 Å². The number of nitrogens with zero attached hydrogens (tertiary/aromatic N) is 2. The quantitative estimate of drug-likeness (QED) is 0.877. The van der Waals surface area contributed by atoms with Crippen molar-refractivity contribution >= 4 is 15.9 Å². The highest BCUT2D eigenvalue weighted by Crippen LogP contribution is 2.19. The number of carbonyl (C=O) groups is 1. The van der Waals surface area contributed by atoms with E-state index in [0.29, 0.717) is 31.7 Å². The average Bonchev–Trinajstić information content (AvgIpc) is 2.75. The van der Waals surface area contributed by atoms with Crippen LogP contribution in [-0.4, -0.2) is 43.1 Å². The third-order valence-electron chi connectivity index (χ3n) is 3.84. The zero-order chi connectivity index (χ0) is 15.6. The molecular weight excluding hydrogens is 294 g/mol. The molecule has 0 aliphatic carbocycles. The van der Waals surface area contributed by atoms with Crippen LogP contribution < -0.4 is 5.32 Å². The van der Waals surface area contributed by atoms with Gasteiger partial charge in [0.25, 0.3) is 0 Å². The van der Waals surface area contributed by atoms with Crippen molar-refractivity contribution < 1.29 is 17.7 Å². The van der Waals surface area contributed by atoms with Crippen LogP contribution in [0.2, 0.25) is 0 Å². The van der Waals surface area contributed by atoms with Gasteiger partial charge in [0.1, 0.15) is 5.76 Å². The molecule has 0 radical (unpaired) electrons. The molecule has 0 aromatic carbocycles. The molecule has 2 heterocycles. The van der Waals surface area contributed by atoms with Gasteiger partial charge in [0.05, 0.1) is 17.9 Å². The number of hydrogen-bond donors (Lipinski definition) is 1. The Morgan fingerprint density at radius 1 is 1.48 bits per heavy atom. The number of carbonyl (C=O) groups excluding carboxylic acids is 1. The Morgan fingerprint density at radius 3 is 2.76 bits per heavy atom. The van der Waals surface area contributed by atoms with Crippen LogP contribution in [0.4, 0.5) is 0 Å². The van der Waals surface area contributed by atoms with Crippen LogP contribution in [0.1, 0.15) is 29.9 Å². The van der Waals surface area contributed by atoms with Gasteiger partial charge in [-0.15, -0.1) is 0 Å². The second-order valence-electron chi connectivity index (χ2n) is 5.48. The second-order valence-corrected chi connectivity index (χ2v) is 7.46. The van der Waals surface area contributed by atoms with E-state index in [0.717, 1.165) is 11.3 Å². The van der Waals surface area contributed by atoms with Crippen LogP contribution in [0, 0.1) is 19.8 Å². The van der Waals surface area contributed by atoms with Gasteiger partial charge in [-0.1, -0.05) is 5.16 Å². The lowest BCUT2D eigenvalue weighted by atomic mass is 9.98. The minimum absolute atomic E-state index is 0.122. The van der Waals surface area contributed by atoms with Crippen molar-refractivity contribution in [2.45, 2.75) is 33.2 Å². The number of piperidine rings is 1. The molecule has 0 bridgehead atoms. The van der Waals surface area contributed by atoms with Gasteiger partial charge >= 0.3 is 0 Å². The van der Waals surface area contributed by atoms with Crippen molar-refractivity contribution in [3.05, 3.63) is 17.0 Å². The molecule has 1 atom stereocenters. The highest BCUT2D eigenvalue weighted by Gasteiger charge is 2.30.